The molecule has 1 aromatic rings. The molecule has 0 aliphatic rings. The fraction of sp³-hybridized carbons (Fsp3) is 0.727. The van der Waals surface area contributed by atoms with Gasteiger partial charge in [0.2, 0.25) is 10.0 Å². The van der Waals surface area contributed by atoms with Crippen LogP contribution in [0.5, 0.6) is 0 Å². The molecule has 0 aliphatic carbocycles. The van der Waals surface area contributed by atoms with Gasteiger partial charge in [-0.3, -0.25) is 0 Å². The first-order valence-corrected chi connectivity index (χ1v) is 8.46. The normalized spacial score (nSPS) is 14.0. The minimum Gasteiger partial charge on any atom is -0.315 e. The maximum absolute atomic E-state index is 12.2. The summed E-state index contributed by atoms with van der Waals surface area (Å²) in [6, 6.07) is 0. The topological polar surface area (TPSA) is 62.3 Å². The average Bonchev–Trinajstić information content (AvgIpc) is 2.81. The quantitative estimate of drug-likeness (QED) is 0.733. The van der Waals surface area contributed by atoms with Gasteiger partial charge in [0.1, 0.15) is 0 Å². The third kappa shape index (κ3) is 4.31. The van der Waals surface area contributed by atoms with Crippen molar-refractivity contribution >= 4 is 21.4 Å². The molecule has 0 aliphatic heterocycles. The Labute approximate surface area is 113 Å². The van der Waals surface area contributed by atoms with E-state index < -0.39 is 15.3 Å². The van der Waals surface area contributed by atoms with Crippen LogP contribution in [0.3, 0.4) is 0 Å². The van der Waals surface area contributed by atoms with Crippen LogP contribution in [-0.4, -0.2) is 43.1 Å². The zero-order valence-electron chi connectivity index (χ0n) is 11.1. The van der Waals surface area contributed by atoms with E-state index in [4.69, 9.17) is 0 Å². The molecule has 0 amide bonds. The number of thiazole rings is 1. The maximum atomic E-state index is 12.2. The smallest absolute Gasteiger partial charge is 0.218 e. The first kappa shape index (κ1) is 15.6. The molecular formula is C11H21N3O2S2. The van der Waals surface area contributed by atoms with Crippen molar-refractivity contribution in [3.63, 3.8) is 0 Å². The molecule has 0 aromatic carbocycles. The van der Waals surface area contributed by atoms with Crippen molar-refractivity contribution in [3.05, 3.63) is 16.6 Å². The van der Waals surface area contributed by atoms with Crippen molar-refractivity contribution in [3.8, 4) is 0 Å². The lowest BCUT2D eigenvalue weighted by Gasteiger charge is -2.21. The number of sulfonamides is 1. The molecule has 1 N–H and O–H groups in total. The van der Waals surface area contributed by atoms with Gasteiger partial charge in [-0.1, -0.05) is 6.92 Å². The highest BCUT2D eigenvalue weighted by atomic mass is 32.2. The van der Waals surface area contributed by atoms with Crippen LogP contribution >= 0.6 is 11.3 Å². The largest absolute Gasteiger partial charge is 0.315 e. The fourth-order valence-electron chi connectivity index (χ4n) is 1.53. The Morgan fingerprint density at radius 2 is 2.28 bits per heavy atom. The van der Waals surface area contributed by atoms with Crippen molar-refractivity contribution < 1.29 is 8.42 Å². The molecule has 1 unspecified atom stereocenters. The van der Waals surface area contributed by atoms with Crippen molar-refractivity contribution in [1.82, 2.24) is 14.6 Å². The second kappa shape index (κ2) is 7.18. The van der Waals surface area contributed by atoms with Crippen LogP contribution in [0, 0.1) is 0 Å². The Kier molecular flexibility index (Phi) is 6.20. The van der Waals surface area contributed by atoms with Crippen LogP contribution in [0.25, 0.3) is 0 Å². The summed E-state index contributed by atoms with van der Waals surface area (Å²) in [5.74, 6) is 0. The van der Waals surface area contributed by atoms with Gasteiger partial charge in [-0.2, -0.15) is 4.31 Å². The van der Waals surface area contributed by atoms with E-state index >= 15 is 0 Å². The van der Waals surface area contributed by atoms with Gasteiger partial charge in [0.25, 0.3) is 0 Å². The Morgan fingerprint density at radius 3 is 2.83 bits per heavy atom. The van der Waals surface area contributed by atoms with Crippen molar-refractivity contribution in [2.75, 3.05) is 20.1 Å². The second-order valence-corrected chi connectivity index (χ2v) is 7.47. The zero-order valence-corrected chi connectivity index (χ0v) is 12.7. The number of hydrogen-bond acceptors (Lipinski definition) is 5. The fourth-order valence-corrected chi connectivity index (χ4v) is 3.33. The van der Waals surface area contributed by atoms with Gasteiger partial charge >= 0.3 is 0 Å². The van der Waals surface area contributed by atoms with Gasteiger partial charge in [-0.05, 0) is 19.9 Å². The van der Waals surface area contributed by atoms with Gasteiger partial charge in [0, 0.05) is 19.0 Å². The predicted molar refractivity (Wildman–Crippen MR) is 75.1 cm³/mol. The summed E-state index contributed by atoms with van der Waals surface area (Å²) in [5, 5.41) is 4.58. The molecule has 0 fully saturated rings. The van der Waals surface area contributed by atoms with E-state index in [2.05, 4.69) is 17.2 Å². The minimum atomic E-state index is -3.26. The number of hydrogen-bond donors (Lipinski definition) is 1. The molecule has 104 valence electrons. The summed E-state index contributed by atoms with van der Waals surface area (Å²) in [7, 11) is -1.66. The molecule has 1 aromatic heterocycles. The van der Waals surface area contributed by atoms with Gasteiger partial charge in [-0.25, -0.2) is 13.4 Å². The van der Waals surface area contributed by atoms with E-state index in [-0.39, 0.29) is 0 Å². The third-order valence-electron chi connectivity index (χ3n) is 2.67. The lowest BCUT2D eigenvalue weighted by molar-refractivity contribution is 0.450. The summed E-state index contributed by atoms with van der Waals surface area (Å²) in [5.41, 5.74) is 2.50. The Morgan fingerprint density at radius 1 is 1.56 bits per heavy atom. The SMILES string of the molecule is CCCNCC(C)S(=O)(=O)N(C)Cc1cscn1. The number of rotatable bonds is 8. The molecule has 1 rings (SSSR count). The van der Waals surface area contributed by atoms with Crippen LogP contribution in [0.4, 0.5) is 0 Å². The van der Waals surface area contributed by atoms with E-state index in [1.165, 1.54) is 15.6 Å². The Bertz CT molecular complexity index is 431. The molecule has 0 bridgehead atoms. The number of aromatic nitrogens is 1. The van der Waals surface area contributed by atoms with Crippen LogP contribution in [0.1, 0.15) is 26.0 Å². The number of nitrogens with zero attached hydrogens (tertiary/aromatic N) is 2. The zero-order chi connectivity index (χ0) is 13.6. The average molecular weight is 291 g/mol. The van der Waals surface area contributed by atoms with E-state index in [0.29, 0.717) is 13.1 Å². The van der Waals surface area contributed by atoms with Crippen molar-refractivity contribution in [2.24, 2.45) is 0 Å². The molecule has 1 heterocycles. The highest BCUT2D eigenvalue weighted by molar-refractivity contribution is 7.89. The van der Waals surface area contributed by atoms with Crippen LogP contribution in [0.15, 0.2) is 10.9 Å². The summed E-state index contributed by atoms with van der Waals surface area (Å²) < 4.78 is 25.8. The van der Waals surface area contributed by atoms with Crippen LogP contribution < -0.4 is 5.32 Å². The van der Waals surface area contributed by atoms with Crippen molar-refractivity contribution in [1.29, 1.82) is 0 Å². The predicted octanol–water partition coefficient (Wildman–Crippen LogP) is 1.29. The van der Waals surface area contributed by atoms with Gasteiger partial charge < -0.3 is 5.32 Å². The molecule has 0 spiro atoms. The molecule has 0 radical (unpaired) electrons. The molecule has 0 saturated heterocycles. The lowest BCUT2D eigenvalue weighted by atomic mass is 10.4. The molecule has 5 nitrogen and oxygen atoms in total. The van der Waals surface area contributed by atoms with Gasteiger partial charge in [0.15, 0.2) is 0 Å². The molecular weight excluding hydrogens is 270 g/mol. The number of nitrogens with one attached hydrogen (secondary N) is 1. The standard InChI is InChI=1S/C11H21N3O2S2/c1-4-5-12-6-10(2)18(15,16)14(3)7-11-8-17-9-13-11/h8-10,12H,4-7H2,1-3H3. The minimum absolute atomic E-state index is 0.337. The molecule has 18 heavy (non-hydrogen) atoms. The maximum Gasteiger partial charge on any atom is 0.218 e. The van der Waals surface area contributed by atoms with E-state index in [1.807, 2.05) is 5.38 Å². The summed E-state index contributed by atoms with van der Waals surface area (Å²) in [6.07, 6.45) is 1.00. The van der Waals surface area contributed by atoms with Gasteiger partial charge in [-0.15, -0.1) is 11.3 Å². The monoisotopic (exact) mass is 291 g/mol. The summed E-state index contributed by atoms with van der Waals surface area (Å²) in [4.78, 5) is 4.10. The second-order valence-electron chi connectivity index (χ2n) is 4.30. The Hall–Kier alpha value is -0.500. The summed E-state index contributed by atoms with van der Waals surface area (Å²) >= 11 is 1.47. The Balaban J connectivity index is 2.56. The van der Waals surface area contributed by atoms with E-state index in [0.717, 1.165) is 18.7 Å². The van der Waals surface area contributed by atoms with E-state index in [1.54, 1.807) is 19.5 Å². The van der Waals surface area contributed by atoms with E-state index in [9.17, 15) is 8.42 Å². The molecule has 0 saturated carbocycles. The molecule has 7 heteroatoms. The third-order valence-corrected chi connectivity index (χ3v) is 5.49. The van der Waals surface area contributed by atoms with Crippen LogP contribution in [-0.2, 0) is 16.6 Å². The lowest BCUT2D eigenvalue weighted by Crippen LogP contribution is -2.40. The van der Waals surface area contributed by atoms with Crippen molar-refractivity contribution in [2.45, 2.75) is 32.1 Å². The first-order valence-electron chi connectivity index (χ1n) is 6.01. The molecule has 1 atom stereocenters. The highest BCUT2D eigenvalue weighted by Gasteiger charge is 2.25. The van der Waals surface area contributed by atoms with Crippen LogP contribution in [0.2, 0.25) is 0 Å². The highest BCUT2D eigenvalue weighted by Crippen LogP contribution is 2.11. The summed E-state index contributed by atoms with van der Waals surface area (Å²) in [6.45, 7) is 5.45. The first-order chi connectivity index (χ1) is 8.48. The van der Waals surface area contributed by atoms with Gasteiger partial charge in [0.05, 0.1) is 23.0 Å².